The Morgan fingerprint density at radius 1 is 0.720 bits per heavy atom. The molecule has 0 saturated heterocycles. The Bertz CT molecular complexity index is 354. The molecule has 0 atom stereocenters. The van der Waals surface area contributed by atoms with Gasteiger partial charge >= 0.3 is 0 Å². The second kappa shape index (κ2) is 26.9. The molecule has 0 fully saturated rings. The molecule has 0 heterocycles. The fourth-order valence-electron chi connectivity index (χ4n) is 0.847. The van der Waals surface area contributed by atoms with E-state index in [0.29, 0.717) is 5.92 Å². The summed E-state index contributed by atoms with van der Waals surface area (Å²) in [6, 6.07) is 0.191. The monoisotopic (exact) mass is 358 g/mol. The zero-order chi connectivity index (χ0) is 19.8. The lowest BCUT2D eigenvalue weighted by molar-refractivity contribution is -0.0979. The van der Waals surface area contributed by atoms with Gasteiger partial charge in [-0.1, -0.05) is 13.8 Å². The Kier molecular flexibility index (Phi) is 29.9. The van der Waals surface area contributed by atoms with Crippen LogP contribution >= 0.6 is 0 Å². The molecular formula is C14H34N10O. The van der Waals surface area contributed by atoms with E-state index in [4.69, 9.17) is 16.3 Å². The number of carbonyl (C=O) groups excluding carboxylic acids is 1. The number of carbonyl (C=O) groups is 1. The van der Waals surface area contributed by atoms with Crippen molar-refractivity contribution in [2.75, 3.05) is 39.6 Å². The average Bonchev–Trinajstić information content (AvgIpc) is 2.58. The van der Waals surface area contributed by atoms with Crippen molar-refractivity contribution in [1.82, 2.24) is 0 Å². The van der Waals surface area contributed by atoms with Gasteiger partial charge < -0.3 is 16.3 Å². The van der Waals surface area contributed by atoms with Crippen LogP contribution in [0.15, 0.2) is 40.9 Å². The molecule has 0 rings (SSSR count). The molecule has 0 saturated carbocycles. The van der Waals surface area contributed by atoms with Crippen LogP contribution in [0.3, 0.4) is 0 Å². The van der Waals surface area contributed by atoms with Crippen LogP contribution in [0.2, 0.25) is 0 Å². The number of nitrogens with two attached hydrogens (primary N) is 2. The van der Waals surface area contributed by atoms with E-state index in [2.05, 4.69) is 54.8 Å². The van der Waals surface area contributed by atoms with Crippen molar-refractivity contribution < 1.29 is 4.79 Å². The Hall–Kier alpha value is -2.01. The van der Waals surface area contributed by atoms with E-state index < -0.39 is 0 Å². The lowest BCUT2D eigenvalue weighted by Gasteiger charge is -1.93. The highest BCUT2D eigenvalue weighted by Gasteiger charge is 1.87. The molecule has 0 aromatic rings. The van der Waals surface area contributed by atoms with Gasteiger partial charge in [-0.15, -0.1) is 0 Å². The van der Waals surface area contributed by atoms with Gasteiger partial charge in [-0.25, -0.2) is 0 Å². The molecule has 11 heteroatoms. The second-order valence-electron chi connectivity index (χ2n) is 5.13. The van der Waals surface area contributed by atoms with Gasteiger partial charge in [0.25, 0.3) is 0 Å². The highest BCUT2D eigenvalue weighted by molar-refractivity contribution is 5.10. The zero-order valence-corrected chi connectivity index (χ0v) is 16.0. The molecule has 25 heavy (non-hydrogen) atoms. The standard InChI is InChI=1S/C10H22N8.C3H10N2.CH2O/c1-9(2)5-11-12-6-13-14-7-15-16-8-17-18-10(3)4;4-2-1-3-5;1-2/h9-10H,5-8H2,1-4H3;1-5H2;1H2. The van der Waals surface area contributed by atoms with Crippen molar-refractivity contribution in [2.45, 2.75) is 40.2 Å². The van der Waals surface area contributed by atoms with Gasteiger partial charge in [-0.05, 0) is 39.3 Å². The molecule has 0 aliphatic carbocycles. The highest BCUT2D eigenvalue weighted by atomic mass is 16.1. The minimum atomic E-state index is 0.191. The second-order valence-corrected chi connectivity index (χ2v) is 5.13. The van der Waals surface area contributed by atoms with Crippen LogP contribution in [0.4, 0.5) is 0 Å². The van der Waals surface area contributed by atoms with Crippen LogP contribution in [-0.4, -0.2) is 52.5 Å². The van der Waals surface area contributed by atoms with E-state index in [1.165, 1.54) is 0 Å². The fraction of sp³-hybridized carbons (Fsp3) is 0.929. The summed E-state index contributed by atoms with van der Waals surface area (Å²) in [5.41, 5.74) is 10.1. The molecule has 0 amide bonds. The number of azo groups is 4. The Labute approximate surface area is 150 Å². The topological polar surface area (TPSA) is 168 Å². The predicted octanol–water partition coefficient (Wildman–Crippen LogP) is 2.84. The summed E-state index contributed by atoms with van der Waals surface area (Å²) in [6.45, 7) is 12.9. The molecular weight excluding hydrogens is 324 g/mol. The number of nitrogens with zero attached hydrogens (tertiary/aromatic N) is 8. The van der Waals surface area contributed by atoms with Crippen molar-refractivity contribution in [3.8, 4) is 0 Å². The van der Waals surface area contributed by atoms with E-state index >= 15 is 0 Å². The van der Waals surface area contributed by atoms with Crippen molar-refractivity contribution in [3.63, 3.8) is 0 Å². The molecule has 0 aliphatic rings. The minimum Gasteiger partial charge on any atom is -0.330 e. The molecule has 11 nitrogen and oxygen atoms in total. The highest BCUT2D eigenvalue weighted by Crippen LogP contribution is 1.92. The maximum Gasteiger partial charge on any atom is 0.170 e. The van der Waals surface area contributed by atoms with E-state index in [-0.39, 0.29) is 26.0 Å². The lowest BCUT2D eigenvalue weighted by Crippen LogP contribution is -2.06. The lowest BCUT2D eigenvalue weighted by atomic mass is 10.2. The van der Waals surface area contributed by atoms with Crippen LogP contribution in [0.1, 0.15) is 34.1 Å². The van der Waals surface area contributed by atoms with Gasteiger partial charge in [-0.2, -0.15) is 40.9 Å². The molecule has 0 spiro atoms. The summed E-state index contributed by atoms with van der Waals surface area (Å²) in [5.74, 6) is 0.513. The van der Waals surface area contributed by atoms with Gasteiger partial charge in [0, 0.05) is 0 Å². The maximum absolute atomic E-state index is 8.00. The Morgan fingerprint density at radius 2 is 1.12 bits per heavy atom. The van der Waals surface area contributed by atoms with Crippen LogP contribution in [-0.2, 0) is 4.79 Å². The fourth-order valence-corrected chi connectivity index (χ4v) is 0.847. The maximum atomic E-state index is 8.00. The third kappa shape index (κ3) is 39.1. The molecule has 146 valence electrons. The summed E-state index contributed by atoms with van der Waals surface area (Å²) in [4.78, 5) is 8.00. The smallest absolute Gasteiger partial charge is 0.170 e. The molecule has 0 aromatic carbocycles. The number of hydrogen-bond donors (Lipinski definition) is 2. The third-order valence-electron chi connectivity index (χ3n) is 1.85. The van der Waals surface area contributed by atoms with Gasteiger partial charge in [0.2, 0.25) is 0 Å². The molecule has 0 bridgehead atoms. The molecule has 0 aromatic heterocycles. The van der Waals surface area contributed by atoms with E-state index in [0.717, 1.165) is 26.1 Å². The van der Waals surface area contributed by atoms with Crippen LogP contribution in [0, 0.1) is 5.92 Å². The van der Waals surface area contributed by atoms with Crippen LogP contribution in [0.5, 0.6) is 0 Å². The predicted molar refractivity (Wildman–Crippen MR) is 98.7 cm³/mol. The third-order valence-corrected chi connectivity index (χ3v) is 1.85. The zero-order valence-electron chi connectivity index (χ0n) is 16.0. The van der Waals surface area contributed by atoms with Crippen molar-refractivity contribution in [2.24, 2.45) is 58.3 Å². The summed E-state index contributed by atoms with van der Waals surface area (Å²) >= 11 is 0. The van der Waals surface area contributed by atoms with Crippen LogP contribution < -0.4 is 11.5 Å². The summed E-state index contributed by atoms with van der Waals surface area (Å²) in [5, 5.41) is 30.5. The first kappa shape index (κ1) is 27.8. The number of rotatable bonds is 11. The van der Waals surface area contributed by atoms with Crippen molar-refractivity contribution in [1.29, 1.82) is 0 Å². The Morgan fingerprint density at radius 3 is 1.44 bits per heavy atom. The molecule has 0 unspecified atom stereocenters. The first-order chi connectivity index (χ1) is 12.0. The van der Waals surface area contributed by atoms with E-state index in [1.807, 2.05) is 20.6 Å². The van der Waals surface area contributed by atoms with Gasteiger partial charge in [0.1, 0.15) is 6.79 Å². The average molecular weight is 358 g/mol. The minimum absolute atomic E-state index is 0.191. The summed E-state index contributed by atoms with van der Waals surface area (Å²) < 4.78 is 0. The van der Waals surface area contributed by atoms with Crippen LogP contribution in [0.25, 0.3) is 0 Å². The Balaban J connectivity index is -0.000000588. The van der Waals surface area contributed by atoms with Crippen molar-refractivity contribution in [3.05, 3.63) is 0 Å². The molecule has 0 radical (unpaired) electrons. The van der Waals surface area contributed by atoms with Crippen molar-refractivity contribution >= 4 is 6.79 Å². The SMILES string of the molecule is C=O.CC(C)CN=NCN=NCN=NCN=NC(C)C.NCCCN. The van der Waals surface area contributed by atoms with E-state index in [1.54, 1.807) is 0 Å². The first-order valence-electron chi connectivity index (χ1n) is 8.09. The largest absolute Gasteiger partial charge is 0.330 e. The normalized spacial score (nSPS) is 11.5. The molecule has 4 N–H and O–H groups in total. The summed E-state index contributed by atoms with van der Waals surface area (Å²) in [6.07, 6.45) is 0.944. The first-order valence-corrected chi connectivity index (χ1v) is 8.09. The van der Waals surface area contributed by atoms with E-state index in [9.17, 15) is 0 Å². The van der Waals surface area contributed by atoms with Gasteiger partial charge in [0.15, 0.2) is 20.0 Å². The number of hydrogen-bond acceptors (Lipinski definition) is 11. The molecule has 0 aliphatic heterocycles. The van der Waals surface area contributed by atoms with Gasteiger partial charge in [0.05, 0.1) is 12.6 Å². The summed E-state index contributed by atoms with van der Waals surface area (Å²) in [7, 11) is 0. The van der Waals surface area contributed by atoms with Gasteiger partial charge in [-0.3, -0.25) is 0 Å². The quantitative estimate of drug-likeness (QED) is 0.542.